The van der Waals surface area contributed by atoms with Crippen molar-refractivity contribution in [3.63, 3.8) is 0 Å². The number of thiazole rings is 1. The monoisotopic (exact) mass is 367 g/mol. The normalized spacial score (nSPS) is 10.5. The van der Waals surface area contributed by atoms with Gasteiger partial charge in [0.2, 0.25) is 0 Å². The second-order valence-corrected chi connectivity index (χ2v) is 6.92. The topological polar surface area (TPSA) is 97.4 Å². The molecule has 128 valence electrons. The molecule has 0 aromatic carbocycles. The Morgan fingerprint density at radius 3 is 2.75 bits per heavy atom. The molecule has 0 unspecified atom stereocenters. The van der Waals surface area contributed by atoms with Crippen LogP contribution in [0.4, 0.5) is 4.79 Å². The summed E-state index contributed by atoms with van der Waals surface area (Å²) in [5.41, 5.74) is 1.07. The van der Waals surface area contributed by atoms with E-state index in [1.165, 1.54) is 22.7 Å². The third-order valence-corrected chi connectivity index (χ3v) is 4.31. The molecule has 7 nitrogen and oxygen atoms in total. The van der Waals surface area contributed by atoms with Crippen LogP contribution in [0, 0.1) is 5.92 Å². The Kier molecular flexibility index (Phi) is 6.44. The van der Waals surface area contributed by atoms with Gasteiger partial charge in [-0.3, -0.25) is 10.1 Å². The standard InChI is InChI=1S/C15H17N3O4S2/c1-9(2)5-16-15(21)18-12(19)6-22-14(20)11-8-24-13(17-11)10-3-4-23-7-10/h3-4,7-9H,5-6H2,1-2H3,(H2,16,18,19,21). The van der Waals surface area contributed by atoms with E-state index in [9.17, 15) is 14.4 Å². The van der Waals surface area contributed by atoms with Gasteiger partial charge in [0, 0.05) is 22.9 Å². The smallest absolute Gasteiger partial charge is 0.358 e. The molecule has 0 saturated carbocycles. The molecule has 3 amide bonds. The molecule has 0 aliphatic carbocycles. The first-order chi connectivity index (χ1) is 11.5. The first-order valence-corrected chi connectivity index (χ1v) is 9.01. The maximum Gasteiger partial charge on any atom is 0.358 e. The highest BCUT2D eigenvalue weighted by Gasteiger charge is 2.16. The van der Waals surface area contributed by atoms with Gasteiger partial charge in [-0.25, -0.2) is 14.6 Å². The molecule has 0 radical (unpaired) electrons. The number of hydrogen-bond acceptors (Lipinski definition) is 7. The van der Waals surface area contributed by atoms with E-state index in [0.29, 0.717) is 11.6 Å². The number of rotatable bonds is 6. The minimum atomic E-state index is -0.703. The van der Waals surface area contributed by atoms with Crippen LogP contribution in [0.25, 0.3) is 10.6 Å². The maximum atomic E-state index is 11.9. The predicted octanol–water partition coefficient (Wildman–Crippen LogP) is 2.51. The molecule has 2 N–H and O–H groups in total. The van der Waals surface area contributed by atoms with Crippen LogP contribution >= 0.6 is 22.7 Å². The second kappa shape index (κ2) is 8.55. The third kappa shape index (κ3) is 5.43. The summed E-state index contributed by atoms with van der Waals surface area (Å²) in [6.07, 6.45) is 0. The largest absolute Gasteiger partial charge is 0.451 e. The van der Waals surface area contributed by atoms with Crippen LogP contribution < -0.4 is 10.6 Å². The number of thiophene rings is 1. The van der Waals surface area contributed by atoms with Crippen molar-refractivity contribution in [2.45, 2.75) is 13.8 Å². The van der Waals surface area contributed by atoms with Crippen LogP contribution in [-0.4, -0.2) is 36.0 Å². The van der Waals surface area contributed by atoms with Crippen LogP contribution in [0.5, 0.6) is 0 Å². The maximum absolute atomic E-state index is 11.9. The van der Waals surface area contributed by atoms with Crippen molar-refractivity contribution in [1.82, 2.24) is 15.6 Å². The molecule has 0 saturated heterocycles. The highest BCUT2D eigenvalue weighted by Crippen LogP contribution is 2.25. The number of carbonyl (C=O) groups excluding carboxylic acids is 3. The number of imide groups is 1. The lowest BCUT2D eigenvalue weighted by atomic mass is 10.2. The first-order valence-electron chi connectivity index (χ1n) is 7.18. The van der Waals surface area contributed by atoms with Crippen LogP contribution in [0.2, 0.25) is 0 Å². The van der Waals surface area contributed by atoms with Crippen LogP contribution in [0.1, 0.15) is 24.3 Å². The zero-order chi connectivity index (χ0) is 17.5. The molecule has 0 atom stereocenters. The molecule has 2 aromatic rings. The zero-order valence-electron chi connectivity index (χ0n) is 13.2. The van der Waals surface area contributed by atoms with E-state index in [1.54, 1.807) is 5.38 Å². The lowest BCUT2D eigenvalue weighted by molar-refractivity contribution is -0.123. The Morgan fingerprint density at radius 2 is 2.08 bits per heavy atom. The summed E-state index contributed by atoms with van der Waals surface area (Å²) in [6, 6.07) is 1.29. The SMILES string of the molecule is CC(C)CNC(=O)NC(=O)COC(=O)c1csc(-c2ccsc2)n1. The fraction of sp³-hybridized carbons (Fsp3) is 0.333. The number of nitrogens with one attached hydrogen (secondary N) is 2. The average molecular weight is 367 g/mol. The van der Waals surface area contributed by atoms with E-state index in [2.05, 4.69) is 15.6 Å². The fourth-order valence-electron chi connectivity index (χ4n) is 1.60. The highest BCUT2D eigenvalue weighted by atomic mass is 32.1. The van der Waals surface area contributed by atoms with Crippen LogP contribution in [0.15, 0.2) is 22.2 Å². The summed E-state index contributed by atoms with van der Waals surface area (Å²) in [7, 11) is 0. The van der Waals surface area contributed by atoms with Crippen molar-refractivity contribution in [2.75, 3.05) is 13.2 Å². The van der Waals surface area contributed by atoms with Gasteiger partial charge in [-0.2, -0.15) is 11.3 Å². The Morgan fingerprint density at radius 1 is 1.29 bits per heavy atom. The van der Waals surface area contributed by atoms with Gasteiger partial charge < -0.3 is 10.1 Å². The molecular weight excluding hydrogens is 350 g/mol. The summed E-state index contributed by atoms with van der Waals surface area (Å²) < 4.78 is 4.86. The van der Waals surface area contributed by atoms with Gasteiger partial charge in [0.15, 0.2) is 12.3 Å². The van der Waals surface area contributed by atoms with Crippen LogP contribution in [-0.2, 0) is 9.53 Å². The van der Waals surface area contributed by atoms with Crippen molar-refractivity contribution in [3.05, 3.63) is 27.9 Å². The number of carbonyl (C=O) groups is 3. The molecule has 0 aliphatic rings. The first kappa shape index (κ1) is 18.1. The van der Waals surface area contributed by atoms with E-state index in [1.807, 2.05) is 30.7 Å². The van der Waals surface area contributed by atoms with Gasteiger partial charge in [-0.15, -0.1) is 11.3 Å². The molecule has 2 aromatic heterocycles. The van der Waals surface area contributed by atoms with Crippen molar-refractivity contribution in [2.24, 2.45) is 5.92 Å². The van der Waals surface area contributed by atoms with Crippen molar-refractivity contribution in [3.8, 4) is 10.6 Å². The number of urea groups is 1. The van der Waals surface area contributed by atoms with Crippen LogP contribution in [0.3, 0.4) is 0 Å². The molecule has 2 heterocycles. The summed E-state index contributed by atoms with van der Waals surface area (Å²) in [6.45, 7) is 3.77. The molecule has 24 heavy (non-hydrogen) atoms. The molecule has 0 bridgehead atoms. The summed E-state index contributed by atoms with van der Waals surface area (Å²) in [5.74, 6) is -1.13. The molecule has 0 spiro atoms. The quantitative estimate of drug-likeness (QED) is 0.765. The van der Waals surface area contributed by atoms with E-state index in [-0.39, 0.29) is 11.6 Å². The lowest BCUT2D eigenvalue weighted by Gasteiger charge is -2.08. The Labute approximate surface area is 147 Å². The predicted molar refractivity (Wildman–Crippen MR) is 92.1 cm³/mol. The van der Waals surface area contributed by atoms with Gasteiger partial charge >= 0.3 is 12.0 Å². The third-order valence-electron chi connectivity index (χ3n) is 2.74. The average Bonchev–Trinajstić information content (AvgIpc) is 3.21. The number of amides is 3. The zero-order valence-corrected chi connectivity index (χ0v) is 14.8. The number of aromatic nitrogens is 1. The summed E-state index contributed by atoms with van der Waals surface area (Å²) in [5, 5.41) is 10.7. The Hall–Kier alpha value is -2.26. The van der Waals surface area contributed by atoms with Gasteiger partial charge in [0.1, 0.15) is 5.01 Å². The molecule has 0 fully saturated rings. The fourth-order valence-corrected chi connectivity index (χ4v) is 3.10. The minimum Gasteiger partial charge on any atom is -0.451 e. The molecular formula is C15H17N3O4S2. The minimum absolute atomic E-state index is 0.137. The number of nitrogens with zero attached hydrogens (tertiary/aromatic N) is 1. The van der Waals surface area contributed by atoms with Gasteiger partial charge in [0.05, 0.1) is 0 Å². The van der Waals surface area contributed by atoms with E-state index in [4.69, 9.17) is 4.74 Å². The van der Waals surface area contributed by atoms with Crippen molar-refractivity contribution >= 4 is 40.6 Å². The van der Waals surface area contributed by atoms with Crippen molar-refractivity contribution in [1.29, 1.82) is 0 Å². The Bertz CT molecular complexity index is 710. The second-order valence-electron chi connectivity index (χ2n) is 5.28. The van der Waals surface area contributed by atoms with Gasteiger partial charge in [-0.1, -0.05) is 13.8 Å². The van der Waals surface area contributed by atoms with Gasteiger partial charge in [-0.05, 0) is 17.4 Å². The van der Waals surface area contributed by atoms with E-state index in [0.717, 1.165) is 5.56 Å². The van der Waals surface area contributed by atoms with E-state index < -0.39 is 24.5 Å². The summed E-state index contributed by atoms with van der Waals surface area (Å²) in [4.78, 5) is 39.0. The van der Waals surface area contributed by atoms with Gasteiger partial charge in [0.25, 0.3) is 5.91 Å². The van der Waals surface area contributed by atoms with Crippen molar-refractivity contribution < 1.29 is 19.1 Å². The molecule has 9 heteroatoms. The summed E-state index contributed by atoms with van der Waals surface area (Å²) >= 11 is 2.86. The highest BCUT2D eigenvalue weighted by molar-refractivity contribution is 7.14. The number of hydrogen-bond donors (Lipinski definition) is 2. The number of ether oxygens (including phenoxy) is 1. The lowest BCUT2D eigenvalue weighted by Crippen LogP contribution is -2.42. The van der Waals surface area contributed by atoms with E-state index >= 15 is 0 Å². The molecule has 0 aliphatic heterocycles. The Balaban J connectivity index is 1.78. The molecule has 2 rings (SSSR count). The number of esters is 1.